The third-order valence-electron chi connectivity index (χ3n) is 15.0. The van der Waals surface area contributed by atoms with Crippen LogP contribution in [0.3, 0.4) is 0 Å². The summed E-state index contributed by atoms with van der Waals surface area (Å²) >= 11 is 0. The van der Waals surface area contributed by atoms with Gasteiger partial charge in [0.25, 0.3) is 0 Å². The van der Waals surface area contributed by atoms with Crippen LogP contribution >= 0.6 is 0 Å². The highest BCUT2D eigenvalue weighted by Gasteiger charge is 2.70. The van der Waals surface area contributed by atoms with Gasteiger partial charge < -0.3 is 20.1 Å². The third kappa shape index (κ3) is 4.45. The van der Waals surface area contributed by atoms with E-state index in [1.54, 1.807) is 5.57 Å². The van der Waals surface area contributed by atoms with Crippen LogP contribution in [0.25, 0.3) is 0 Å². The lowest BCUT2D eigenvalue weighted by Crippen LogP contribution is -2.68. The molecule has 3 N–H and O–H groups in total. The Morgan fingerprint density at radius 2 is 1.70 bits per heavy atom. The lowest BCUT2D eigenvalue weighted by Gasteiger charge is -2.72. The molecule has 0 saturated heterocycles. The molecule has 0 radical (unpaired) electrons. The van der Waals surface area contributed by atoms with Gasteiger partial charge in [-0.15, -0.1) is 0 Å². The lowest BCUT2D eigenvalue weighted by atomic mass is 9.33. The lowest BCUT2D eigenvalue weighted by molar-refractivity contribution is -0.253. The number of carboxylic acids is 1. The first-order chi connectivity index (χ1) is 20.3. The summed E-state index contributed by atoms with van der Waals surface area (Å²) < 4.78 is 6.55. The van der Waals surface area contributed by atoms with E-state index in [-0.39, 0.29) is 46.7 Å². The molecule has 0 aromatic heterocycles. The van der Waals surface area contributed by atoms with Crippen molar-refractivity contribution in [1.29, 1.82) is 0 Å². The van der Waals surface area contributed by atoms with E-state index in [2.05, 4.69) is 59.8 Å². The molecule has 0 amide bonds. The van der Waals surface area contributed by atoms with Crippen LogP contribution in [0.2, 0.25) is 0 Å². The SMILES string of the molecule is C[C@H]1[C@H](C)CC[C@]2(CC(=O)O)CC[C@]3(C)C(=CC[C@@H]4[C@@]5(C)CC(OCc6ccccc6)C(O)C(C)(CO)C5CC[C@]43C)[C@H]12. The molecule has 4 fully saturated rings. The number of aliphatic carboxylic acids is 1. The molecule has 0 heterocycles. The molecule has 5 aliphatic rings. The Kier molecular flexibility index (Phi) is 7.79. The zero-order valence-electron chi connectivity index (χ0n) is 27.4. The molecule has 1 aromatic carbocycles. The summed E-state index contributed by atoms with van der Waals surface area (Å²) in [6.45, 7) is 14.8. The number of benzene rings is 1. The predicted octanol–water partition coefficient (Wildman–Crippen LogP) is 7.65. The fraction of sp³-hybridized carbons (Fsp3) is 0.763. The molecule has 6 rings (SSSR count). The molecule has 1 aromatic rings. The summed E-state index contributed by atoms with van der Waals surface area (Å²) in [7, 11) is 0. The number of ether oxygens (including phenoxy) is 1. The maximum atomic E-state index is 12.3. The summed E-state index contributed by atoms with van der Waals surface area (Å²) in [6.07, 6.45) is 9.84. The minimum absolute atomic E-state index is 0.00790. The number of carboxylic acid groups (broad SMARTS) is 1. The highest BCUT2D eigenvalue weighted by molar-refractivity contribution is 5.68. The van der Waals surface area contributed by atoms with Crippen LogP contribution in [0.4, 0.5) is 0 Å². The molecule has 4 saturated carbocycles. The van der Waals surface area contributed by atoms with Crippen LogP contribution in [0, 0.1) is 56.7 Å². The predicted molar refractivity (Wildman–Crippen MR) is 169 cm³/mol. The smallest absolute Gasteiger partial charge is 0.303 e. The molecule has 5 nitrogen and oxygen atoms in total. The van der Waals surface area contributed by atoms with Gasteiger partial charge in [-0.3, -0.25) is 4.79 Å². The van der Waals surface area contributed by atoms with Crippen molar-refractivity contribution in [3.05, 3.63) is 47.5 Å². The molecule has 5 heteroatoms. The van der Waals surface area contributed by atoms with Crippen LogP contribution in [0.15, 0.2) is 42.0 Å². The van der Waals surface area contributed by atoms with Gasteiger partial charge in [-0.2, -0.15) is 0 Å². The van der Waals surface area contributed by atoms with Gasteiger partial charge in [0.1, 0.15) is 0 Å². The maximum absolute atomic E-state index is 12.3. The van der Waals surface area contributed by atoms with Gasteiger partial charge in [0.05, 0.1) is 31.8 Å². The van der Waals surface area contributed by atoms with Crippen molar-refractivity contribution >= 4 is 5.97 Å². The number of aliphatic hydroxyl groups excluding tert-OH is 2. The number of hydrogen-bond donors (Lipinski definition) is 3. The molecule has 0 bridgehead atoms. The van der Waals surface area contributed by atoms with E-state index in [0.717, 1.165) is 56.9 Å². The van der Waals surface area contributed by atoms with Crippen molar-refractivity contribution in [3.63, 3.8) is 0 Å². The number of allylic oxidation sites excluding steroid dienone is 2. The zero-order valence-corrected chi connectivity index (χ0v) is 27.4. The van der Waals surface area contributed by atoms with Crippen molar-refractivity contribution in [2.75, 3.05) is 6.61 Å². The number of hydrogen-bond acceptors (Lipinski definition) is 4. The monoisotopic (exact) mass is 592 g/mol. The van der Waals surface area contributed by atoms with Crippen molar-refractivity contribution in [2.45, 2.75) is 118 Å². The van der Waals surface area contributed by atoms with Gasteiger partial charge in [0.15, 0.2) is 0 Å². The fourth-order valence-corrected chi connectivity index (χ4v) is 12.3. The quantitative estimate of drug-likeness (QED) is 0.296. The van der Waals surface area contributed by atoms with E-state index >= 15 is 0 Å². The van der Waals surface area contributed by atoms with E-state index < -0.39 is 17.5 Å². The molecule has 12 atom stereocenters. The summed E-state index contributed by atoms with van der Waals surface area (Å²) in [5.41, 5.74) is 1.87. The largest absolute Gasteiger partial charge is 0.481 e. The van der Waals surface area contributed by atoms with E-state index in [1.807, 2.05) is 18.2 Å². The minimum atomic E-state index is -0.718. The van der Waals surface area contributed by atoms with E-state index in [1.165, 1.54) is 0 Å². The fourth-order valence-electron chi connectivity index (χ4n) is 12.3. The first-order valence-corrected chi connectivity index (χ1v) is 17.1. The first kappa shape index (κ1) is 31.3. The van der Waals surface area contributed by atoms with Crippen LogP contribution in [0.1, 0.15) is 105 Å². The van der Waals surface area contributed by atoms with Gasteiger partial charge in [0.2, 0.25) is 0 Å². The highest BCUT2D eigenvalue weighted by atomic mass is 16.5. The average molecular weight is 593 g/mol. The molecule has 0 spiro atoms. The molecule has 238 valence electrons. The number of carbonyl (C=O) groups is 1. The Labute approximate surface area is 259 Å². The Morgan fingerprint density at radius 1 is 0.977 bits per heavy atom. The van der Waals surface area contributed by atoms with Gasteiger partial charge in [-0.05, 0) is 108 Å². The van der Waals surface area contributed by atoms with E-state index in [0.29, 0.717) is 30.3 Å². The van der Waals surface area contributed by atoms with Crippen molar-refractivity contribution in [1.82, 2.24) is 0 Å². The number of aliphatic hydroxyl groups is 2. The Bertz CT molecular complexity index is 1240. The molecule has 5 aliphatic carbocycles. The van der Waals surface area contributed by atoms with Crippen LogP contribution in [0.5, 0.6) is 0 Å². The van der Waals surface area contributed by atoms with E-state index in [9.17, 15) is 20.1 Å². The Balaban J connectivity index is 1.39. The number of fused-ring (bicyclic) bond motifs is 7. The Morgan fingerprint density at radius 3 is 2.37 bits per heavy atom. The average Bonchev–Trinajstić information content (AvgIpc) is 2.97. The number of rotatable bonds is 6. The van der Waals surface area contributed by atoms with Gasteiger partial charge >= 0.3 is 5.97 Å². The molecule has 43 heavy (non-hydrogen) atoms. The van der Waals surface area contributed by atoms with Crippen molar-refractivity contribution < 1.29 is 24.9 Å². The molecule has 0 aliphatic heterocycles. The standard InChI is InChI=1S/C38H56O5/c1-24-14-17-38(21-31(40)41)19-18-36(5)27(32(38)25(24)2)12-13-30-34(3)20-28(43-22-26-10-8-7-9-11-26)33(42)35(4,23-39)29(34)15-16-37(30,36)6/h7-12,24-25,28-30,32-33,39,42H,13-23H2,1-6H3,(H,40,41)/t24-,25+,28?,29?,30-,32+,33?,34+,35?,36-,37-,38-/m1/s1. The first-order valence-electron chi connectivity index (χ1n) is 17.1. The summed E-state index contributed by atoms with van der Waals surface area (Å²) in [6, 6.07) is 10.2. The maximum Gasteiger partial charge on any atom is 0.303 e. The topological polar surface area (TPSA) is 87.0 Å². The summed E-state index contributed by atoms with van der Waals surface area (Å²) in [5, 5.41) is 32.7. The van der Waals surface area contributed by atoms with Crippen LogP contribution in [-0.4, -0.2) is 40.1 Å². The normalized spacial score (nSPS) is 49.1. The molecule has 4 unspecified atom stereocenters. The third-order valence-corrected chi connectivity index (χ3v) is 15.0. The van der Waals surface area contributed by atoms with Gasteiger partial charge in [0, 0.05) is 5.41 Å². The van der Waals surface area contributed by atoms with Crippen LogP contribution in [-0.2, 0) is 16.1 Å². The second kappa shape index (κ2) is 10.7. The summed E-state index contributed by atoms with van der Waals surface area (Å²) in [4.78, 5) is 12.3. The highest BCUT2D eigenvalue weighted by Crippen LogP contribution is 2.76. The zero-order chi connectivity index (χ0) is 31.0. The second-order valence-corrected chi connectivity index (χ2v) is 16.7. The van der Waals surface area contributed by atoms with Gasteiger partial charge in [-0.25, -0.2) is 0 Å². The van der Waals surface area contributed by atoms with Crippen molar-refractivity contribution in [3.8, 4) is 0 Å². The van der Waals surface area contributed by atoms with E-state index in [4.69, 9.17) is 4.74 Å². The molecular weight excluding hydrogens is 536 g/mol. The minimum Gasteiger partial charge on any atom is -0.481 e. The summed E-state index contributed by atoms with van der Waals surface area (Å²) in [5.74, 6) is 1.36. The van der Waals surface area contributed by atoms with Crippen molar-refractivity contribution in [2.24, 2.45) is 56.7 Å². The second-order valence-electron chi connectivity index (χ2n) is 16.7. The van der Waals surface area contributed by atoms with Crippen LogP contribution < -0.4 is 0 Å². The molecular formula is C38H56O5. The van der Waals surface area contributed by atoms with Gasteiger partial charge in [-0.1, -0.05) is 83.5 Å². The Hall–Kier alpha value is -1.69.